The number of fused-ring (bicyclic) bond motifs is 1. The van der Waals surface area contributed by atoms with E-state index < -0.39 is 0 Å². The number of morpholine rings is 1. The molecule has 0 unspecified atom stereocenters. The van der Waals surface area contributed by atoms with E-state index in [-0.39, 0.29) is 18.1 Å². The van der Waals surface area contributed by atoms with Crippen LogP contribution in [0, 0.1) is 13.8 Å². The van der Waals surface area contributed by atoms with E-state index in [4.69, 9.17) is 4.74 Å². The largest absolute Gasteiger partial charge is 0.373 e. The summed E-state index contributed by atoms with van der Waals surface area (Å²) in [5.74, 6) is 0.708. The Morgan fingerprint density at radius 2 is 2.08 bits per heavy atom. The standard InChI is InChI=1S/C17H24N6O2/c1-11-7-18-23(8-11)16-15(12(2)19-21(16)4)17(24)22-9-13-14(10-22)25-6-5-20(13)3/h7-8,13-14H,5-6,9-10H2,1-4H3/t13-,14+/m0/s1. The summed E-state index contributed by atoms with van der Waals surface area (Å²) in [4.78, 5) is 17.5. The van der Waals surface area contributed by atoms with Gasteiger partial charge in [-0.15, -0.1) is 0 Å². The van der Waals surface area contributed by atoms with Gasteiger partial charge in [-0.2, -0.15) is 10.2 Å². The Kier molecular flexibility index (Phi) is 3.88. The molecule has 2 saturated heterocycles. The molecule has 4 rings (SSSR count). The minimum Gasteiger partial charge on any atom is -0.373 e. The molecule has 2 aliphatic rings. The second kappa shape index (κ2) is 5.96. The maximum atomic E-state index is 13.3. The number of amides is 1. The molecule has 4 heterocycles. The van der Waals surface area contributed by atoms with E-state index in [1.165, 1.54) is 0 Å². The van der Waals surface area contributed by atoms with Crippen molar-refractivity contribution in [3.63, 3.8) is 0 Å². The lowest BCUT2D eigenvalue weighted by Crippen LogP contribution is -2.48. The van der Waals surface area contributed by atoms with Gasteiger partial charge in [0.15, 0.2) is 5.82 Å². The third-order valence-corrected chi connectivity index (χ3v) is 5.20. The number of carbonyl (C=O) groups is 1. The van der Waals surface area contributed by atoms with Crippen LogP contribution >= 0.6 is 0 Å². The highest BCUT2D eigenvalue weighted by Gasteiger charge is 2.41. The highest BCUT2D eigenvalue weighted by Crippen LogP contribution is 2.26. The molecule has 134 valence electrons. The van der Waals surface area contributed by atoms with Crippen LogP contribution in [0.25, 0.3) is 5.82 Å². The summed E-state index contributed by atoms with van der Waals surface area (Å²) in [7, 11) is 3.94. The summed E-state index contributed by atoms with van der Waals surface area (Å²) in [6.45, 7) is 6.80. The first-order valence-electron chi connectivity index (χ1n) is 8.62. The molecule has 2 atom stereocenters. The van der Waals surface area contributed by atoms with E-state index in [2.05, 4.69) is 22.1 Å². The number of aromatic nitrogens is 4. The zero-order chi connectivity index (χ0) is 17.7. The van der Waals surface area contributed by atoms with Crippen LogP contribution < -0.4 is 0 Å². The lowest BCUT2D eigenvalue weighted by molar-refractivity contribution is -0.0368. The summed E-state index contributed by atoms with van der Waals surface area (Å²) in [6, 6.07) is 0.269. The van der Waals surface area contributed by atoms with E-state index in [9.17, 15) is 4.79 Å². The van der Waals surface area contributed by atoms with Crippen molar-refractivity contribution in [3.05, 3.63) is 29.2 Å². The SMILES string of the molecule is Cc1cnn(-c2c(C(=O)N3C[C@H]4OCCN(C)[C@H]4C3)c(C)nn2C)c1. The second-order valence-electron chi connectivity index (χ2n) is 7.04. The lowest BCUT2D eigenvalue weighted by Gasteiger charge is -2.33. The normalized spacial score (nSPS) is 23.9. The van der Waals surface area contributed by atoms with Crippen molar-refractivity contribution in [1.29, 1.82) is 0 Å². The van der Waals surface area contributed by atoms with Gasteiger partial charge in [0.05, 0.1) is 30.6 Å². The second-order valence-corrected chi connectivity index (χ2v) is 7.04. The number of aryl methyl sites for hydroxylation is 3. The Balaban J connectivity index is 1.67. The minimum absolute atomic E-state index is 0.000142. The first-order chi connectivity index (χ1) is 12.0. The molecule has 0 saturated carbocycles. The minimum atomic E-state index is 0.000142. The first-order valence-corrected chi connectivity index (χ1v) is 8.62. The van der Waals surface area contributed by atoms with Crippen LogP contribution in [0.1, 0.15) is 21.6 Å². The smallest absolute Gasteiger partial charge is 0.259 e. The molecule has 0 aliphatic carbocycles. The molecular weight excluding hydrogens is 320 g/mol. The van der Waals surface area contributed by atoms with Crippen molar-refractivity contribution in [2.24, 2.45) is 7.05 Å². The average Bonchev–Trinajstić information content (AvgIpc) is 3.24. The molecule has 2 aliphatic heterocycles. The van der Waals surface area contributed by atoms with Crippen LogP contribution in [0.5, 0.6) is 0 Å². The number of rotatable bonds is 2. The van der Waals surface area contributed by atoms with Crippen LogP contribution in [-0.4, -0.2) is 80.7 Å². The topological polar surface area (TPSA) is 68.4 Å². The molecule has 0 bridgehead atoms. The molecule has 8 heteroatoms. The summed E-state index contributed by atoms with van der Waals surface area (Å²) in [5.41, 5.74) is 2.38. The van der Waals surface area contributed by atoms with Crippen LogP contribution in [-0.2, 0) is 11.8 Å². The predicted molar refractivity (Wildman–Crippen MR) is 91.9 cm³/mol. The van der Waals surface area contributed by atoms with Gasteiger partial charge in [0.1, 0.15) is 5.56 Å². The van der Waals surface area contributed by atoms with E-state index in [0.717, 1.165) is 24.4 Å². The number of hydrogen-bond donors (Lipinski definition) is 0. The Bertz CT molecular complexity index is 810. The fraction of sp³-hybridized carbons (Fsp3) is 0.588. The van der Waals surface area contributed by atoms with Crippen molar-refractivity contribution in [2.45, 2.75) is 26.0 Å². The fourth-order valence-corrected chi connectivity index (χ4v) is 3.87. The van der Waals surface area contributed by atoms with Gasteiger partial charge in [-0.1, -0.05) is 0 Å². The summed E-state index contributed by atoms with van der Waals surface area (Å²) < 4.78 is 9.32. The zero-order valence-corrected chi connectivity index (χ0v) is 15.1. The maximum absolute atomic E-state index is 13.3. The Hall–Kier alpha value is -2.19. The van der Waals surface area contributed by atoms with E-state index in [1.807, 2.05) is 32.0 Å². The molecule has 0 N–H and O–H groups in total. The monoisotopic (exact) mass is 344 g/mol. The molecular formula is C17H24N6O2. The number of likely N-dealkylation sites (N-methyl/N-ethyl adjacent to an activating group) is 1. The number of nitrogens with zero attached hydrogens (tertiary/aromatic N) is 6. The molecule has 2 fully saturated rings. The lowest BCUT2D eigenvalue weighted by atomic mass is 10.1. The van der Waals surface area contributed by atoms with Gasteiger partial charge in [0.2, 0.25) is 0 Å². The van der Waals surface area contributed by atoms with Gasteiger partial charge in [-0.25, -0.2) is 9.36 Å². The molecule has 1 amide bonds. The summed E-state index contributed by atoms with van der Waals surface area (Å²) in [6.07, 6.45) is 3.78. The number of carbonyl (C=O) groups excluding carboxylic acids is 1. The van der Waals surface area contributed by atoms with Crippen LogP contribution in [0.15, 0.2) is 12.4 Å². The van der Waals surface area contributed by atoms with Crippen molar-refractivity contribution in [2.75, 3.05) is 33.3 Å². The molecule has 2 aromatic rings. The van der Waals surface area contributed by atoms with Crippen molar-refractivity contribution < 1.29 is 9.53 Å². The van der Waals surface area contributed by atoms with Gasteiger partial charge in [0, 0.05) is 32.9 Å². The molecule has 8 nitrogen and oxygen atoms in total. The van der Waals surface area contributed by atoms with Crippen molar-refractivity contribution >= 4 is 5.91 Å². The third-order valence-electron chi connectivity index (χ3n) is 5.20. The number of hydrogen-bond acceptors (Lipinski definition) is 5. The maximum Gasteiger partial charge on any atom is 0.259 e. The third kappa shape index (κ3) is 2.65. The summed E-state index contributed by atoms with van der Waals surface area (Å²) in [5, 5.41) is 8.83. The molecule has 0 aromatic carbocycles. The average molecular weight is 344 g/mol. The van der Waals surface area contributed by atoms with Gasteiger partial charge in [-0.05, 0) is 26.5 Å². The summed E-state index contributed by atoms with van der Waals surface area (Å²) >= 11 is 0. The Labute approximate surface area is 147 Å². The fourth-order valence-electron chi connectivity index (χ4n) is 3.87. The Morgan fingerprint density at radius 3 is 2.76 bits per heavy atom. The van der Waals surface area contributed by atoms with Gasteiger partial charge < -0.3 is 9.64 Å². The highest BCUT2D eigenvalue weighted by atomic mass is 16.5. The van der Waals surface area contributed by atoms with Crippen molar-refractivity contribution in [1.82, 2.24) is 29.4 Å². The van der Waals surface area contributed by atoms with Gasteiger partial charge in [0.25, 0.3) is 5.91 Å². The van der Waals surface area contributed by atoms with Crippen molar-refractivity contribution in [3.8, 4) is 5.82 Å². The van der Waals surface area contributed by atoms with Crippen LogP contribution in [0.3, 0.4) is 0 Å². The Morgan fingerprint density at radius 1 is 1.28 bits per heavy atom. The molecule has 0 radical (unpaired) electrons. The predicted octanol–water partition coefficient (Wildman–Crippen LogP) is 0.378. The number of likely N-dealkylation sites (tertiary alicyclic amines) is 1. The van der Waals surface area contributed by atoms with E-state index >= 15 is 0 Å². The molecule has 2 aromatic heterocycles. The van der Waals surface area contributed by atoms with E-state index in [1.54, 1.807) is 15.6 Å². The number of ether oxygens (including phenoxy) is 1. The van der Waals surface area contributed by atoms with Crippen LogP contribution in [0.2, 0.25) is 0 Å². The highest BCUT2D eigenvalue weighted by molar-refractivity contribution is 5.98. The van der Waals surface area contributed by atoms with Crippen LogP contribution in [0.4, 0.5) is 0 Å². The van der Waals surface area contributed by atoms with Gasteiger partial charge in [-0.3, -0.25) is 9.69 Å². The molecule has 0 spiro atoms. The quantitative estimate of drug-likeness (QED) is 0.788. The molecule has 25 heavy (non-hydrogen) atoms. The van der Waals surface area contributed by atoms with E-state index in [0.29, 0.717) is 24.5 Å². The zero-order valence-electron chi connectivity index (χ0n) is 15.1. The van der Waals surface area contributed by atoms with Gasteiger partial charge >= 0.3 is 0 Å². The first kappa shape index (κ1) is 16.3.